The molecule has 0 saturated heterocycles. The molecule has 1 aromatic rings. The van der Waals surface area contributed by atoms with Crippen LogP contribution in [0, 0.1) is 0 Å². The Kier molecular flexibility index (Phi) is 5.30. The minimum atomic E-state index is -3.78. The van der Waals surface area contributed by atoms with Crippen molar-refractivity contribution in [3.63, 3.8) is 0 Å². The molecule has 0 aliphatic rings. The second-order valence-corrected chi connectivity index (χ2v) is 5.78. The van der Waals surface area contributed by atoms with Crippen molar-refractivity contribution >= 4 is 15.9 Å². The molecular formula is C12H18N2O3S. The van der Waals surface area contributed by atoms with Crippen LogP contribution in [0.4, 0.5) is 0 Å². The van der Waals surface area contributed by atoms with Gasteiger partial charge >= 0.3 is 0 Å². The van der Waals surface area contributed by atoms with Gasteiger partial charge in [-0.15, -0.1) is 0 Å². The molecule has 6 heteroatoms. The molecule has 0 fully saturated rings. The number of nitrogens with two attached hydrogens (primary N) is 1. The van der Waals surface area contributed by atoms with Crippen LogP contribution in [-0.4, -0.2) is 20.4 Å². The van der Waals surface area contributed by atoms with Crippen molar-refractivity contribution < 1.29 is 13.2 Å². The molecular weight excluding hydrogens is 252 g/mol. The predicted octanol–water partition coefficient (Wildman–Crippen LogP) is 1.01. The highest BCUT2D eigenvalue weighted by Gasteiger charge is 2.18. The normalized spacial score (nSPS) is 13.0. The number of nitrogens with one attached hydrogen (secondary N) is 1. The average molecular weight is 270 g/mol. The van der Waals surface area contributed by atoms with Crippen molar-refractivity contribution in [1.29, 1.82) is 0 Å². The lowest BCUT2D eigenvalue weighted by molar-refractivity contribution is -0.119. The molecule has 0 heterocycles. The quantitative estimate of drug-likeness (QED) is 0.807. The van der Waals surface area contributed by atoms with Crippen molar-refractivity contribution in [1.82, 2.24) is 4.72 Å². The van der Waals surface area contributed by atoms with Crippen molar-refractivity contribution in [3.05, 3.63) is 30.3 Å². The lowest BCUT2D eigenvalue weighted by atomic mass is 10.1. The van der Waals surface area contributed by atoms with E-state index in [0.717, 1.165) is 6.42 Å². The highest BCUT2D eigenvalue weighted by atomic mass is 32.2. The Hall–Kier alpha value is -1.40. The summed E-state index contributed by atoms with van der Waals surface area (Å²) < 4.78 is 25.6. The van der Waals surface area contributed by atoms with Crippen LogP contribution in [-0.2, 0) is 14.8 Å². The molecule has 18 heavy (non-hydrogen) atoms. The second-order valence-electron chi connectivity index (χ2n) is 4.09. The smallest absolute Gasteiger partial charge is 0.264 e. The van der Waals surface area contributed by atoms with Gasteiger partial charge in [-0.3, -0.25) is 4.79 Å². The fraction of sp³-hybridized carbons (Fsp3) is 0.417. The fourth-order valence-corrected chi connectivity index (χ4v) is 2.58. The van der Waals surface area contributed by atoms with Crippen LogP contribution in [0.3, 0.4) is 0 Å². The maximum atomic E-state index is 11.8. The molecule has 1 unspecified atom stereocenters. The average Bonchev–Trinajstić information content (AvgIpc) is 2.29. The SMILES string of the molecule is CCCC(N)CC(=O)NS(=O)(=O)c1ccccc1. The summed E-state index contributed by atoms with van der Waals surface area (Å²) in [5.74, 6) is -0.570. The number of benzene rings is 1. The first-order chi connectivity index (χ1) is 8.45. The molecule has 0 aliphatic carbocycles. The first-order valence-corrected chi connectivity index (χ1v) is 7.30. The number of sulfonamides is 1. The van der Waals surface area contributed by atoms with Gasteiger partial charge in [-0.1, -0.05) is 31.5 Å². The van der Waals surface area contributed by atoms with Gasteiger partial charge in [-0.25, -0.2) is 13.1 Å². The number of carbonyl (C=O) groups is 1. The molecule has 1 rings (SSSR count). The fourth-order valence-electron chi connectivity index (χ4n) is 1.56. The van der Waals surface area contributed by atoms with E-state index in [1.807, 2.05) is 11.6 Å². The van der Waals surface area contributed by atoms with Crippen LogP contribution in [0.25, 0.3) is 0 Å². The third kappa shape index (κ3) is 4.46. The Labute approximate surface area is 107 Å². The van der Waals surface area contributed by atoms with Crippen LogP contribution in [0.2, 0.25) is 0 Å². The van der Waals surface area contributed by atoms with Gasteiger partial charge in [0.2, 0.25) is 5.91 Å². The Morgan fingerprint density at radius 2 is 1.94 bits per heavy atom. The Morgan fingerprint density at radius 1 is 1.33 bits per heavy atom. The van der Waals surface area contributed by atoms with Gasteiger partial charge in [0, 0.05) is 12.5 Å². The highest BCUT2D eigenvalue weighted by molar-refractivity contribution is 7.90. The molecule has 0 radical (unpaired) electrons. The van der Waals surface area contributed by atoms with Crippen LogP contribution < -0.4 is 10.5 Å². The molecule has 100 valence electrons. The van der Waals surface area contributed by atoms with E-state index in [9.17, 15) is 13.2 Å². The van der Waals surface area contributed by atoms with E-state index < -0.39 is 15.9 Å². The first kappa shape index (κ1) is 14.7. The van der Waals surface area contributed by atoms with Gasteiger partial charge in [0.25, 0.3) is 10.0 Å². The van der Waals surface area contributed by atoms with Gasteiger partial charge in [0.05, 0.1) is 4.90 Å². The molecule has 1 amide bonds. The van der Waals surface area contributed by atoms with Crippen molar-refractivity contribution in [3.8, 4) is 0 Å². The monoisotopic (exact) mass is 270 g/mol. The maximum Gasteiger partial charge on any atom is 0.264 e. The summed E-state index contributed by atoms with van der Waals surface area (Å²) in [6, 6.07) is 7.46. The Morgan fingerprint density at radius 3 is 2.50 bits per heavy atom. The van der Waals surface area contributed by atoms with E-state index in [4.69, 9.17) is 5.73 Å². The van der Waals surface area contributed by atoms with Gasteiger partial charge < -0.3 is 5.73 Å². The van der Waals surface area contributed by atoms with E-state index in [2.05, 4.69) is 0 Å². The molecule has 0 aliphatic heterocycles. The maximum absolute atomic E-state index is 11.8. The lowest BCUT2D eigenvalue weighted by Crippen LogP contribution is -2.35. The van der Waals surface area contributed by atoms with Crippen molar-refractivity contribution in [2.45, 2.75) is 37.1 Å². The number of hydrogen-bond acceptors (Lipinski definition) is 4. The lowest BCUT2D eigenvalue weighted by Gasteiger charge is -2.10. The third-order valence-electron chi connectivity index (χ3n) is 2.41. The second kappa shape index (κ2) is 6.51. The minimum absolute atomic E-state index is 0.0138. The summed E-state index contributed by atoms with van der Waals surface area (Å²) >= 11 is 0. The molecule has 1 aromatic carbocycles. The van der Waals surface area contributed by atoms with Crippen LogP contribution in [0.5, 0.6) is 0 Å². The molecule has 5 nitrogen and oxygen atoms in total. The zero-order valence-electron chi connectivity index (χ0n) is 10.3. The Balaban J connectivity index is 2.64. The van der Waals surface area contributed by atoms with E-state index in [1.54, 1.807) is 18.2 Å². The summed E-state index contributed by atoms with van der Waals surface area (Å²) in [5, 5.41) is 0. The number of hydrogen-bond donors (Lipinski definition) is 2. The summed E-state index contributed by atoms with van der Waals surface area (Å²) in [5.41, 5.74) is 5.69. The van der Waals surface area contributed by atoms with Crippen LogP contribution >= 0.6 is 0 Å². The summed E-state index contributed by atoms with van der Waals surface area (Å²) in [7, 11) is -3.78. The Bertz CT molecular complexity index is 485. The minimum Gasteiger partial charge on any atom is -0.327 e. The highest BCUT2D eigenvalue weighted by Crippen LogP contribution is 2.07. The summed E-state index contributed by atoms with van der Waals surface area (Å²) in [4.78, 5) is 11.6. The van der Waals surface area contributed by atoms with Gasteiger partial charge in [-0.05, 0) is 18.6 Å². The molecule has 0 saturated carbocycles. The van der Waals surface area contributed by atoms with Crippen molar-refractivity contribution in [2.24, 2.45) is 5.73 Å². The number of rotatable bonds is 6. The molecule has 0 spiro atoms. The molecule has 0 aromatic heterocycles. The van der Waals surface area contributed by atoms with Crippen LogP contribution in [0.1, 0.15) is 26.2 Å². The van der Waals surface area contributed by atoms with Crippen molar-refractivity contribution in [2.75, 3.05) is 0 Å². The topological polar surface area (TPSA) is 89.3 Å². The largest absolute Gasteiger partial charge is 0.327 e. The molecule has 0 bridgehead atoms. The number of amides is 1. The van der Waals surface area contributed by atoms with Crippen LogP contribution in [0.15, 0.2) is 35.2 Å². The first-order valence-electron chi connectivity index (χ1n) is 5.82. The van der Waals surface area contributed by atoms with Gasteiger partial charge in [0.15, 0.2) is 0 Å². The molecule has 1 atom stereocenters. The van der Waals surface area contributed by atoms with E-state index in [1.165, 1.54) is 12.1 Å². The predicted molar refractivity (Wildman–Crippen MR) is 69.3 cm³/mol. The van der Waals surface area contributed by atoms with E-state index in [0.29, 0.717) is 6.42 Å². The van der Waals surface area contributed by atoms with Gasteiger partial charge in [0.1, 0.15) is 0 Å². The van der Waals surface area contributed by atoms with Gasteiger partial charge in [-0.2, -0.15) is 0 Å². The molecule has 3 N–H and O–H groups in total. The zero-order chi connectivity index (χ0) is 13.6. The summed E-state index contributed by atoms with van der Waals surface area (Å²) in [6.07, 6.45) is 1.57. The van der Waals surface area contributed by atoms with E-state index >= 15 is 0 Å². The third-order valence-corrected chi connectivity index (χ3v) is 3.80. The zero-order valence-corrected chi connectivity index (χ0v) is 11.1. The number of carbonyl (C=O) groups excluding carboxylic acids is 1. The van der Waals surface area contributed by atoms with E-state index in [-0.39, 0.29) is 17.4 Å². The standard InChI is InChI=1S/C12H18N2O3S/c1-2-6-10(13)9-12(15)14-18(16,17)11-7-4-3-5-8-11/h3-5,7-8,10H,2,6,9,13H2,1H3,(H,14,15). The summed E-state index contributed by atoms with van der Waals surface area (Å²) in [6.45, 7) is 1.96.